The molecule has 4 rings (SSSR count). The monoisotopic (exact) mass is 452 g/mol. The molecule has 2 aromatic rings. The summed E-state index contributed by atoms with van der Waals surface area (Å²) in [6.07, 6.45) is 13.4. The average molecular weight is 453 g/mol. The van der Waals surface area contributed by atoms with E-state index in [1.807, 2.05) is 12.4 Å². The van der Waals surface area contributed by atoms with Crippen molar-refractivity contribution in [3.8, 4) is 11.3 Å². The summed E-state index contributed by atoms with van der Waals surface area (Å²) in [5, 5.41) is 17.0. The summed E-state index contributed by atoms with van der Waals surface area (Å²) in [5.74, 6) is 1.48. The molecule has 1 aliphatic carbocycles. The number of hydrogen-bond donors (Lipinski definition) is 3. The third-order valence-electron chi connectivity index (χ3n) is 6.88. The molecule has 3 N–H and O–H groups in total. The predicted molar refractivity (Wildman–Crippen MR) is 134 cm³/mol. The van der Waals surface area contributed by atoms with Gasteiger partial charge < -0.3 is 15.7 Å². The first-order valence-electron chi connectivity index (χ1n) is 12.9. The maximum Gasteiger partial charge on any atom is 0.224 e. The van der Waals surface area contributed by atoms with Gasteiger partial charge in [-0.05, 0) is 76.6 Å². The van der Waals surface area contributed by atoms with Crippen LogP contribution in [0.3, 0.4) is 0 Å². The molecule has 0 aromatic carbocycles. The molecule has 1 saturated carbocycles. The highest BCUT2D eigenvalue weighted by Crippen LogP contribution is 2.29. The highest BCUT2D eigenvalue weighted by Gasteiger charge is 2.22. The van der Waals surface area contributed by atoms with Crippen LogP contribution in [0.1, 0.15) is 77.2 Å². The molecule has 33 heavy (non-hydrogen) atoms. The van der Waals surface area contributed by atoms with Gasteiger partial charge in [-0.1, -0.05) is 25.8 Å². The van der Waals surface area contributed by atoms with Crippen LogP contribution in [-0.2, 0) is 6.54 Å². The third-order valence-corrected chi connectivity index (χ3v) is 6.88. The van der Waals surface area contributed by atoms with E-state index < -0.39 is 0 Å². The largest absolute Gasteiger partial charge is 0.393 e. The van der Waals surface area contributed by atoms with E-state index in [2.05, 4.69) is 46.5 Å². The van der Waals surface area contributed by atoms with Crippen molar-refractivity contribution in [2.45, 2.75) is 96.4 Å². The van der Waals surface area contributed by atoms with Crippen molar-refractivity contribution in [3.63, 3.8) is 0 Å². The van der Waals surface area contributed by atoms with Crippen molar-refractivity contribution in [2.24, 2.45) is 0 Å². The molecular formula is C26H40N6O. The van der Waals surface area contributed by atoms with Crippen LogP contribution in [0.15, 0.2) is 24.5 Å². The van der Waals surface area contributed by atoms with Crippen molar-refractivity contribution in [3.05, 3.63) is 30.1 Å². The van der Waals surface area contributed by atoms with Crippen LogP contribution in [0.5, 0.6) is 0 Å². The number of pyridine rings is 1. The van der Waals surface area contributed by atoms with Crippen LogP contribution in [0.25, 0.3) is 11.3 Å². The molecule has 1 aliphatic heterocycles. The van der Waals surface area contributed by atoms with E-state index in [0.29, 0.717) is 18.0 Å². The molecule has 2 aromatic heterocycles. The Kier molecular flexibility index (Phi) is 8.51. The summed E-state index contributed by atoms with van der Waals surface area (Å²) in [4.78, 5) is 16.8. The Morgan fingerprint density at radius 3 is 2.55 bits per heavy atom. The second-order valence-corrected chi connectivity index (χ2v) is 9.83. The van der Waals surface area contributed by atoms with Gasteiger partial charge in [0.15, 0.2) is 0 Å². The van der Waals surface area contributed by atoms with E-state index in [1.165, 1.54) is 37.9 Å². The lowest BCUT2D eigenvalue weighted by atomic mass is 9.93. The normalized spacial score (nSPS) is 22.6. The summed E-state index contributed by atoms with van der Waals surface area (Å²) in [6, 6.07) is 4.92. The maximum atomic E-state index is 9.89. The number of piperidine rings is 1. The minimum atomic E-state index is -0.172. The molecule has 2 fully saturated rings. The van der Waals surface area contributed by atoms with Crippen molar-refractivity contribution < 1.29 is 5.11 Å². The summed E-state index contributed by atoms with van der Waals surface area (Å²) in [5.41, 5.74) is 3.08. The molecule has 2 aliphatic rings. The van der Waals surface area contributed by atoms with Crippen molar-refractivity contribution in [1.29, 1.82) is 0 Å². The molecule has 0 unspecified atom stereocenters. The molecule has 1 atom stereocenters. The molecule has 180 valence electrons. The Hall–Kier alpha value is -2.25. The number of anilines is 2. The Morgan fingerprint density at radius 2 is 1.85 bits per heavy atom. The second-order valence-electron chi connectivity index (χ2n) is 9.83. The smallest absolute Gasteiger partial charge is 0.224 e. The van der Waals surface area contributed by atoms with E-state index in [0.717, 1.165) is 62.1 Å². The Morgan fingerprint density at radius 1 is 1.06 bits per heavy atom. The van der Waals surface area contributed by atoms with E-state index in [9.17, 15) is 5.11 Å². The predicted octanol–water partition coefficient (Wildman–Crippen LogP) is 4.84. The zero-order valence-corrected chi connectivity index (χ0v) is 20.3. The highest BCUT2D eigenvalue weighted by molar-refractivity contribution is 5.73. The number of aliphatic hydroxyl groups excluding tert-OH is 1. The van der Waals surface area contributed by atoms with Gasteiger partial charge in [0.05, 0.1) is 17.4 Å². The molecule has 0 spiro atoms. The van der Waals surface area contributed by atoms with Gasteiger partial charge >= 0.3 is 0 Å². The summed E-state index contributed by atoms with van der Waals surface area (Å²) >= 11 is 0. The lowest BCUT2D eigenvalue weighted by Gasteiger charge is -2.27. The SMILES string of the molecule is CCC[C@H](C)Nc1ncc(-c2ccc(CN3CCCCC3)cn2)c(NC2CCC(O)CC2)n1. The van der Waals surface area contributed by atoms with E-state index in [-0.39, 0.29) is 6.10 Å². The number of nitrogens with zero attached hydrogens (tertiary/aromatic N) is 4. The van der Waals surface area contributed by atoms with E-state index in [1.54, 1.807) is 0 Å². The first-order chi connectivity index (χ1) is 16.1. The quantitative estimate of drug-likeness (QED) is 0.502. The molecule has 0 bridgehead atoms. The van der Waals surface area contributed by atoms with Crippen LogP contribution >= 0.6 is 0 Å². The van der Waals surface area contributed by atoms with Crippen molar-refractivity contribution in [1.82, 2.24) is 19.9 Å². The second kappa shape index (κ2) is 11.7. The summed E-state index contributed by atoms with van der Waals surface area (Å²) < 4.78 is 0. The van der Waals surface area contributed by atoms with Crippen LogP contribution in [0, 0.1) is 0 Å². The first-order valence-corrected chi connectivity index (χ1v) is 12.9. The Balaban J connectivity index is 1.52. The van der Waals surface area contributed by atoms with Crippen LogP contribution in [0.2, 0.25) is 0 Å². The van der Waals surface area contributed by atoms with Crippen LogP contribution < -0.4 is 10.6 Å². The standard InChI is InChI=1S/C26H40N6O/c1-3-7-19(2)29-26-28-17-23(25(31-26)30-21-9-11-22(33)12-10-21)24-13-8-20(16-27-24)18-32-14-5-4-6-15-32/h8,13,16-17,19,21-22,33H,3-7,9-12,14-15,18H2,1-2H3,(H2,28,29,30,31)/t19-,21?,22?/m0/s1. The molecular weight excluding hydrogens is 412 g/mol. The lowest BCUT2D eigenvalue weighted by molar-refractivity contribution is 0.126. The Labute approximate surface area is 198 Å². The molecule has 7 nitrogen and oxygen atoms in total. The minimum Gasteiger partial charge on any atom is -0.393 e. The number of likely N-dealkylation sites (tertiary alicyclic amines) is 1. The topological polar surface area (TPSA) is 86.2 Å². The number of nitrogens with one attached hydrogen (secondary N) is 2. The van der Waals surface area contributed by atoms with Gasteiger partial charge in [-0.2, -0.15) is 4.98 Å². The lowest BCUT2D eigenvalue weighted by Crippen LogP contribution is -2.29. The average Bonchev–Trinajstić information content (AvgIpc) is 2.82. The molecule has 3 heterocycles. The first kappa shape index (κ1) is 23.9. The van der Waals surface area contributed by atoms with E-state index in [4.69, 9.17) is 9.97 Å². The van der Waals surface area contributed by atoms with Crippen LogP contribution in [-0.4, -0.2) is 56.2 Å². The minimum absolute atomic E-state index is 0.172. The maximum absolute atomic E-state index is 9.89. The highest BCUT2D eigenvalue weighted by atomic mass is 16.3. The fourth-order valence-corrected chi connectivity index (χ4v) is 4.94. The third kappa shape index (κ3) is 6.87. The number of aromatic nitrogens is 3. The number of rotatable bonds is 9. The van der Waals surface area contributed by atoms with Crippen LogP contribution in [0.4, 0.5) is 11.8 Å². The van der Waals surface area contributed by atoms with Gasteiger partial charge in [-0.15, -0.1) is 0 Å². The Bertz CT molecular complexity index is 860. The molecule has 0 amide bonds. The number of hydrogen-bond acceptors (Lipinski definition) is 7. The van der Waals surface area contributed by atoms with Gasteiger partial charge in [0.25, 0.3) is 0 Å². The fraction of sp³-hybridized carbons (Fsp3) is 0.654. The zero-order valence-electron chi connectivity index (χ0n) is 20.3. The van der Waals surface area contributed by atoms with Crippen molar-refractivity contribution >= 4 is 11.8 Å². The fourth-order valence-electron chi connectivity index (χ4n) is 4.94. The summed E-state index contributed by atoms with van der Waals surface area (Å²) in [7, 11) is 0. The van der Waals surface area contributed by atoms with Gasteiger partial charge in [0.1, 0.15) is 5.82 Å². The number of aliphatic hydroxyl groups is 1. The van der Waals surface area contributed by atoms with Gasteiger partial charge in [-0.3, -0.25) is 9.88 Å². The van der Waals surface area contributed by atoms with Gasteiger partial charge in [0.2, 0.25) is 5.95 Å². The molecule has 1 saturated heterocycles. The summed E-state index contributed by atoms with van der Waals surface area (Å²) in [6.45, 7) is 7.69. The van der Waals surface area contributed by atoms with Gasteiger partial charge in [0, 0.05) is 31.0 Å². The molecule has 7 heteroatoms. The van der Waals surface area contributed by atoms with Crippen molar-refractivity contribution in [2.75, 3.05) is 23.7 Å². The zero-order chi connectivity index (χ0) is 23.0. The molecule has 0 radical (unpaired) electrons. The van der Waals surface area contributed by atoms with Gasteiger partial charge in [-0.25, -0.2) is 4.98 Å². The van der Waals surface area contributed by atoms with E-state index >= 15 is 0 Å².